The first-order valence-electron chi connectivity index (χ1n) is 11.1. The van der Waals surface area contributed by atoms with E-state index in [2.05, 4.69) is 10.6 Å². The number of likely N-dealkylation sites (N-methyl/N-ethyl adjacent to an activating group) is 1. The Morgan fingerprint density at radius 3 is 2.39 bits per heavy atom. The molecule has 0 radical (unpaired) electrons. The molecular weight excluding hydrogens is 473 g/mol. The number of ether oxygens (including phenoxy) is 1. The van der Waals surface area contributed by atoms with Gasteiger partial charge in [-0.05, 0) is 60.7 Å². The van der Waals surface area contributed by atoms with Crippen LogP contribution in [0.2, 0.25) is 0 Å². The molecule has 0 saturated heterocycles. The van der Waals surface area contributed by atoms with Gasteiger partial charge in [0.25, 0.3) is 5.91 Å². The number of aliphatic carboxylic acids is 1. The van der Waals surface area contributed by atoms with Crippen LogP contribution in [-0.2, 0) is 14.4 Å². The first-order chi connectivity index (χ1) is 16.5. The Morgan fingerprint density at radius 2 is 1.78 bits per heavy atom. The summed E-state index contributed by atoms with van der Waals surface area (Å²) in [5.41, 5.74) is 4.61. The van der Waals surface area contributed by atoms with Crippen molar-refractivity contribution in [3.05, 3.63) is 64.9 Å². The SMILES string of the molecule is COc1cc(-c2ccccc2C)c(C)c([C@H](CC(=O)O)NC(=O)NC2C(=O)C=C(C)N(C)C2=O)c1.[NaH]. The molecule has 10 heteroatoms. The zero-order valence-electron chi connectivity index (χ0n) is 20.3. The van der Waals surface area contributed by atoms with E-state index in [0.717, 1.165) is 22.3 Å². The molecule has 1 unspecified atom stereocenters. The number of hydrogen-bond acceptors (Lipinski definition) is 5. The van der Waals surface area contributed by atoms with E-state index in [1.54, 1.807) is 13.0 Å². The Hall–Kier alpha value is -3.14. The summed E-state index contributed by atoms with van der Waals surface area (Å²) < 4.78 is 5.47. The van der Waals surface area contributed by atoms with Gasteiger partial charge in [0.15, 0.2) is 11.8 Å². The summed E-state index contributed by atoms with van der Waals surface area (Å²) in [5, 5.41) is 14.6. The molecule has 2 aromatic rings. The monoisotopic (exact) mass is 503 g/mol. The Balaban J connectivity index is 0.00000456. The van der Waals surface area contributed by atoms with Gasteiger partial charge in [-0.3, -0.25) is 14.4 Å². The number of nitrogens with zero attached hydrogens (tertiary/aromatic N) is 1. The van der Waals surface area contributed by atoms with E-state index in [1.807, 2.05) is 44.2 Å². The van der Waals surface area contributed by atoms with E-state index in [0.29, 0.717) is 17.0 Å². The summed E-state index contributed by atoms with van der Waals surface area (Å²) in [6.07, 6.45) is 0.863. The maximum atomic E-state index is 12.8. The summed E-state index contributed by atoms with van der Waals surface area (Å²) in [6.45, 7) is 5.44. The van der Waals surface area contributed by atoms with Gasteiger partial charge in [-0.25, -0.2) is 4.79 Å². The van der Waals surface area contributed by atoms with Gasteiger partial charge in [0, 0.05) is 18.8 Å². The molecule has 0 spiro atoms. The van der Waals surface area contributed by atoms with Gasteiger partial charge in [-0.2, -0.15) is 0 Å². The molecule has 0 aromatic heterocycles. The van der Waals surface area contributed by atoms with Gasteiger partial charge in [0.1, 0.15) is 5.75 Å². The van der Waals surface area contributed by atoms with E-state index >= 15 is 0 Å². The van der Waals surface area contributed by atoms with Gasteiger partial charge in [-0.15, -0.1) is 0 Å². The van der Waals surface area contributed by atoms with Crippen molar-refractivity contribution < 1.29 is 29.0 Å². The second-order valence-corrected chi connectivity index (χ2v) is 8.49. The fraction of sp³-hybridized carbons (Fsp3) is 0.308. The van der Waals surface area contributed by atoms with Gasteiger partial charge in [0.05, 0.1) is 19.6 Å². The van der Waals surface area contributed by atoms with Gasteiger partial charge >= 0.3 is 41.6 Å². The summed E-state index contributed by atoms with van der Waals surface area (Å²) in [7, 11) is 3.02. The van der Waals surface area contributed by atoms with Crippen molar-refractivity contribution in [1.29, 1.82) is 0 Å². The van der Waals surface area contributed by atoms with Gasteiger partial charge < -0.3 is 25.4 Å². The fourth-order valence-corrected chi connectivity index (χ4v) is 4.10. The van der Waals surface area contributed by atoms with Crippen LogP contribution in [0, 0.1) is 13.8 Å². The molecule has 2 aromatic carbocycles. The number of allylic oxidation sites excluding steroid dienone is 1. The number of ketones is 1. The van der Waals surface area contributed by atoms with Crippen molar-refractivity contribution in [2.75, 3.05) is 14.2 Å². The van der Waals surface area contributed by atoms with E-state index in [-0.39, 0.29) is 29.6 Å². The number of carboxylic acids is 1. The predicted octanol–water partition coefficient (Wildman–Crippen LogP) is 2.46. The summed E-state index contributed by atoms with van der Waals surface area (Å²) in [5.74, 6) is -1.74. The number of rotatable bonds is 7. The first kappa shape index (κ1) is 29.1. The summed E-state index contributed by atoms with van der Waals surface area (Å²) in [4.78, 5) is 50.6. The van der Waals surface area contributed by atoms with Crippen LogP contribution in [0.1, 0.15) is 36.1 Å². The third-order valence-electron chi connectivity index (χ3n) is 6.17. The topological polar surface area (TPSA) is 125 Å². The molecule has 9 nitrogen and oxygen atoms in total. The predicted molar refractivity (Wildman–Crippen MR) is 137 cm³/mol. The number of amides is 3. The number of benzene rings is 2. The van der Waals surface area contributed by atoms with Crippen molar-refractivity contribution in [1.82, 2.24) is 15.5 Å². The molecular formula is C26H30N3NaO6. The molecule has 3 amide bonds. The van der Waals surface area contributed by atoms with Crippen LogP contribution in [-0.4, -0.2) is 83.5 Å². The number of carboxylic acid groups (broad SMARTS) is 1. The van der Waals surface area contributed by atoms with Gasteiger partial charge in [-0.1, -0.05) is 24.3 Å². The van der Waals surface area contributed by atoms with Gasteiger partial charge in [0.2, 0.25) is 0 Å². The minimum atomic E-state index is -1.39. The Labute approximate surface area is 232 Å². The van der Waals surface area contributed by atoms with Crippen molar-refractivity contribution >= 4 is 53.2 Å². The normalized spacial score (nSPS) is 16.0. The average molecular weight is 504 g/mol. The third kappa shape index (κ3) is 6.34. The molecule has 3 rings (SSSR count). The van der Waals surface area contributed by atoms with Crippen molar-refractivity contribution in [3.63, 3.8) is 0 Å². The van der Waals surface area contributed by atoms with Crippen molar-refractivity contribution in [3.8, 4) is 16.9 Å². The zero-order chi connectivity index (χ0) is 25.9. The third-order valence-corrected chi connectivity index (χ3v) is 6.17. The van der Waals surface area contributed by atoms with E-state index in [4.69, 9.17) is 4.74 Å². The number of urea groups is 1. The minimum absolute atomic E-state index is 0. The number of methoxy groups -OCH3 is 1. The standard InChI is InChI=1S/C26H29N3O6.Na.H/c1-14-8-6-7-9-18(14)19-11-17(35-5)12-20(16(19)3)21(13-23(31)32)27-26(34)28-24-22(30)10-15(2)29(4)25(24)33;;/h6-12,21,24H,13H2,1-5H3,(H,31,32)(H2,27,28,34);;/t21-,24?;;/m0../s1. The van der Waals surface area contributed by atoms with Crippen molar-refractivity contribution in [2.45, 2.75) is 39.3 Å². The molecule has 3 N–H and O–H groups in total. The maximum absolute atomic E-state index is 12.8. The number of hydrogen-bond donors (Lipinski definition) is 3. The van der Waals surface area contributed by atoms with Crippen LogP contribution in [0.15, 0.2) is 48.2 Å². The van der Waals surface area contributed by atoms with Crippen LogP contribution in [0.25, 0.3) is 11.1 Å². The number of carbonyl (C=O) groups is 4. The molecule has 1 aliphatic heterocycles. The van der Waals surface area contributed by atoms with E-state index in [1.165, 1.54) is 25.1 Å². The van der Waals surface area contributed by atoms with Crippen LogP contribution >= 0.6 is 0 Å². The molecule has 1 aliphatic rings. The van der Waals surface area contributed by atoms with Crippen LogP contribution in [0.3, 0.4) is 0 Å². The van der Waals surface area contributed by atoms with Crippen molar-refractivity contribution in [2.24, 2.45) is 0 Å². The van der Waals surface area contributed by atoms with E-state index < -0.39 is 42.2 Å². The fourth-order valence-electron chi connectivity index (χ4n) is 4.10. The zero-order valence-corrected chi connectivity index (χ0v) is 20.3. The molecule has 0 saturated carbocycles. The second-order valence-electron chi connectivity index (χ2n) is 8.49. The Kier molecular flexibility index (Phi) is 9.86. The number of aryl methyl sites for hydroxylation is 1. The van der Waals surface area contributed by atoms with Crippen LogP contribution < -0.4 is 15.4 Å². The first-order valence-corrected chi connectivity index (χ1v) is 11.1. The quantitative estimate of drug-likeness (QED) is 0.394. The Bertz CT molecular complexity index is 1230. The summed E-state index contributed by atoms with van der Waals surface area (Å²) >= 11 is 0. The molecule has 2 atom stereocenters. The number of nitrogens with one attached hydrogen (secondary N) is 2. The number of carbonyl (C=O) groups excluding carboxylic acids is 3. The average Bonchev–Trinajstić information content (AvgIpc) is 2.80. The summed E-state index contributed by atoms with van der Waals surface area (Å²) in [6, 6.07) is 8.15. The molecule has 0 bridgehead atoms. The molecule has 0 fully saturated rings. The molecule has 1 heterocycles. The molecule has 0 aliphatic carbocycles. The van der Waals surface area contributed by atoms with E-state index in [9.17, 15) is 24.3 Å². The van der Waals surface area contributed by atoms with Crippen LogP contribution in [0.4, 0.5) is 4.79 Å². The Morgan fingerprint density at radius 1 is 1.11 bits per heavy atom. The van der Waals surface area contributed by atoms with Crippen LogP contribution in [0.5, 0.6) is 5.75 Å². The molecule has 186 valence electrons. The molecule has 36 heavy (non-hydrogen) atoms. The second kappa shape index (κ2) is 12.2.